The Bertz CT molecular complexity index is 574. The molecule has 0 aromatic carbocycles. The fourth-order valence-electron chi connectivity index (χ4n) is 3.55. The lowest BCUT2D eigenvalue weighted by atomic mass is 9.99. The molecule has 2 heterocycles. The number of piperidine rings is 1. The second-order valence-electron chi connectivity index (χ2n) is 10.8. The summed E-state index contributed by atoms with van der Waals surface area (Å²) in [6, 6.07) is -0.438. The normalized spacial score (nSPS) is 24.4. The van der Waals surface area contributed by atoms with Crippen LogP contribution in [-0.4, -0.2) is 67.5 Å². The summed E-state index contributed by atoms with van der Waals surface area (Å²) in [5.41, 5.74) is -0.592. The third kappa shape index (κ3) is 5.72. The Morgan fingerprint density at radius 3 is 2.04 bits per heavy atom. The number of amides is 2. The molecular formula is C21H40N2O4Si. The fourth-order valence-corrected chi connectivity index (χ4v) is 4.93. The first-order valence-corrected chi connectivity index (χ1v) is 13.6. The lowest BCUT2D eigenvalue weighted by Crippen LogP contribution is -2.58. The third-order valence-corrected chi connectivity index (χ3v) is 10.7. The van der Waals surface area contributed by atoms with Crippen LogP contribution >= 0.6 is 0 Å². The summed E-state index contributed by atoms with van der Waals surface area (Å²) < 4.78 is 12.2. The quantitative estimate of drug-likeness (QED) is 0.645. The van der Waals surface area contributed by atoms with Crippen LogP contribution in [0.1, 0.15) is 67.2 Å². The van der Waals surface area contributed by atoms with Gasteiger partial charge in [-0.2, -0.15) is 0 Å². The molecule has 6 nitrogen and oxygen atoms in total. The van der Waals surface area contributed by atoms with E-state index in [1.807, 2.05) is 25.7 Å². The van der Waals surface area contributed by atoms with Gasteiger partial charge in [0.05, 0.1) is 6.10 Å². The summed E-state index contributed by atoms with van der Waals surface area (Å²) in [5.74, 6) is 0.0640. The van der Waals surface area contributed by atoms with Gasteiger partial charge in [-0.1, -0.05) is 20.8 Å². The molecule has 2 saturated heterocycles. The van der Waals surface area contributed by atoms with E-state index < -0.39 is 26.1 Å². The van der Waals surface area contributed by atoms with Crippen LogP contribution in [0.3, 0.4) is 0 Å². The Kier molecular flexibility index (Phi) is 6.91. The average Bonchev–Trinajstić information content (AvgIpc) is 3.05. The Hall–Kier alpha value is -1.08. The largest absolute Gasteiger partial charge is 0.444 e. The van der Waals surface area contributed by atoms with E-state index in [1.165, 1.54) is 0 Å². The number of hydrogen-bond acceptors (Lipinski definition) is 4. The van der Waals surface area contributed by atoms with Gasteiger partial charge in [-0.25, -0.2) is 4.79 Å². The number of rotatable bonds is 3. The van der Waals surface area contributed by atoms with Crippen LogP contribution in [0.25, 0.3) is 0 Å². The molecule has 2 rings (SSSR count). The maximum absolute atomic E-state index is 13.1. The lowest BCUT2D eigenvalue weighted by Gasteiger charge is -2.45. The molecule has 2 fully saturated rings. The molecule has 162 valence electrons. The van der Waals surface area contributed by atoms with Crippen LogP contribution in [0.5, 0.6) is 0 Å². The van der Waals surface area contributed by atoms with E-state index in [0.29, 0.717) is 13.0 Å². The molecule has 28 heavy (non-hydrogen) atoms. The van der Waals surface area contributed by atoms with Crippen LogP contribution in [0.4, 0.5) is 4.79 Å². The van der Waals surface area contributed by atoms with Crippen molar-refractivity contribution in [1.82, 2.24) is 9.80 Å². The number of nitrogens with zero attached hydrogens (tertiary/aromatic N) is 2. The highest BCUT2D eigenvalue weighted by Crippen LogP contribution is 2.38. The monoisotopic (exact) mass is 412 g/mol. The standard InChI is InChI=1S/C21H40N2O4Si/c1-20(2,3)26-19(25)23-15-16(27-28(7,8)21(4,5)6)11-12-17(23)18(24)22-13-9-10-14-22/h16-17H,9-15H2,1-8H3. The molecule has 0 aromatic rings. The maximum atomic E-state index is 13.1. The molecule has 0 spiro atoms. The second kappa shape index (κ2) is 8.34. The molecule has 2 atom stereocenters. The van der Waals surface area contributed by atoms with Gasteiger partial charge in [0.1, 0.15) is 11.6 Å². The van der Waals surface area contributed by atoms with Crippen molar-refractivity contribution in [3.05, 3.63) is 0 Å². The Morgan fingerprint density at radius 1 is 0.964 bits per heavy atom. The van der Waals surface area contributed by atoms with Crippen molar-refractivity contribution in [3.63, 3.8) is 0 Å². The minimum atomic E-state index is -1.95. The van der Waals surface area contributed by atoms with Gasteiger partial charge < -0.3 is 14.1 Å². The second-order valence-corrected chi connectivity index (χ2v) is 15.5. The SMILES string of the molecule is CC(C)(C)OC(=O)N1CC(O[Si](C)(C)C(C)(C)C)CCC1C(=O)N1CCCC1. The van der Waals surface area contributed by atoms with Crippen LogP contribution in [0.15, 0.2) is 0 Å². The first-order chi connectivity index (χ1) is 12.7. The first kappa shape index (κ1) is 23.2. The van der Waals surface area contributed by atoms with Gasteiger partial charge in [0.25, 0.3) is 0 Å². The van der Waals surface area contributed by atoms with Gasteiger partial charge in [-0.15, -0.1) is 0 Å². The van der Waals surface area contributed by atoms with Gasteiger partial charge in [0.15, 0.2) is 8.32 Å². The number of likely N-dealkylation sites (tertiary alicyclic amines) is 2. The minimum absolute atomic E-state index is 0.0453. The van der Waals surface area contributed by atoms with E-state index in [2.05, 4.69) is 33.9 Å². The highest BCUT2D eigenvalue weighted by molar-refractivity contribution is 6.74. The number of hydrogen-bond donors (Lipinski definition) is 0. The summed E-state index contributed by atoms with van der Waals surface area (Å²) in [5, 5.41) is 0.103. The molecular weight excluding hydrogens is 372 g/mol. The molecule has 0 N–H and O–H groups in total. The summed E-state index contributed by atoms with van der Waals surface area (Å²) in [4.78, 5) is 29.5. The van der Waals surface area contributed by atoms with E-state index in [-0.39, 0.29) is 17.0 Å². The number of carbonyl (C=O) groups is 2. The summed E-state index contributed by atoms with van der Waals surface area (Å²) in [6.45, 7) is 18.7. The van der Waals surface area contributed by atoms with Crippen molar-refractivity contribution >= 4 is 20.3 Å². The molecule has 2 amide bonds. The zero-order valence-corrected chi connectivity index (χ0v) is 20.1. The van der Waals surface area contributed by atoms with Crippen molar-refractivity contribution in [2.75, 3.05) is 19.6 Å². The van der Waals surface area contributed by atoms with Crippen LogP contribution in [0, 0.1) is 0 Å². The smallest absolute Gasteiger partial charge is 0.411 e. The molecule has 0 radical (unpaired) electrons. The lowest BCUT2D eigenvalue weighted by molar-refractivity contribution is -0.138. The van der Waals surface area contributed by atoms with Crippen molar-refractivity contribution in [1.29, 1.82) is 0 Å². The molecule has 7 heteroatoms. The van der Waals surface area contributed by atoms with E-state index in [4.69, 9.17) is 9.16 Å². The van der Waals surface area contributed by atoms with Gasteiger partial charge >= 0.3 is 6.09 Å². The highest BCUT2D eigenvalue weighted by Gasteiger charge is 2.44. The van der Waals surface area contributed by atoms with Crippen molar-refractivity contribution < 1.29 is 18.8 Å². The minimum Gasteiger partial charge on any atom is -0.444 e. The summed E-state index contributed by atoms with van der Waals surface area (Å²) in [6.07, 6.45) is 3.07. The zero-order valence-electron chi connectivity index (χ0n) is 19.1. The fraction of sp³-hybridized carbons (Fsp3) is 0.905. The molecule has 0 aromatic heterocycles. The van der Waals surface area contributed by atoms with E-state index >= 15 is 0 Å². The first-order valence-electron chi connectivity index (χ1n) is 10.7. The molecule has 2 aliphatic heterocycles. The van der Waals surface area contributed by atoms with E-state index in [9.17, 15) is 9.59 Å². The Morgan fingerprint density at radius 2 is 1.54 bits per heavy atom. The van der Waals surface area contributed by atoms with Gasteiger partial charge in [-0.3, -0.25) is 9.69 Å². The van der Waals surface area contributed by atoms with Gasteiger partial charge in [-0.05, 0) is 64.6 Å². The summed E-state index contributed by atoms with van der Waals surface area (Å²) >= 11 is 0. The molecule has 2 unspecified atom stereocenters. The zero-order chi connectivity index (χ0) is 21.3. The number of carbonyl (C=O) groups excluding carboxylic acids is 2. The highest BCUT2D eigenvalue weighted by atomic mass is 28.4. The van der Waals surface area contributed by atoms with Gasteiger partial charge in [0.2, 0.25) is 5.91 Å². The van der Waals surface area contributed by atoms with Crippen molar-refractivity contribution in [2.45, 2.75) is 103 Å². The Balaban J connectivity index is 2.17. The van der Waals surface area contributed by atoms with E-state index in [0.717, 1.165) is 32.4 Å². The third-order valence-electron chi connectivity index (χ3n) is 6.14. The molecule has 0 saturated carbocycles. The maximum Gasteiger partial charge on any atom is 0.411 e. The topological polar surface area (TPSA) is 59.1 Å². The van der Waals surface area contributed by atoms with Crippen LogP contribution < -0.4 is 0 Å². The summed E-state index contributed by atoms with van der Waals surface area (Å²) in [7, 11) is -1.95. The molecule has 2 aliphatic rings. The predicted octanol–water partition coefficient (Wildman–Crippen LogP) is 4.40. The predicted molar refractivity (Wildman–Crippen MR) is 114 cm³/mol. The number of ether oxygens (including phenoxy) is 1. The van der Waals surface area contributed by atoms with Crippen molar-refractivity contribution in [2.24, 2.45) is 0 Å². The molecule has 0 aliphatic carbocycles. The van der Waals surface area contributed by atoms with E-state index in [1.54, 1.807) is 4.90 Å². The van der Waals surface area contributed by atoms with Crippen LogP contribution in [0.2, 0.25) is 18.1 Å². The molecule has 0 bridgehead atoms. The van der Waals surface area contributed by atoms with Gasteiger partial charge in [0, 0.05) is 19.6 Å². The Labute approximate surface area is 172 Å². The average molecular weight is 413 g/mol. The van der Waals surface area contributed by atoms with Crippen LogP contribution in [-0.2, 0) is 14.0 Å². The van der Waals surface area contributed by atoms with Crippen molar-refractivity contribution in [3.8, 4) is 0 Å².